The molecule has 2 aliphatic heterocycles. The van der Waals surface area contributed by atoms with Gasteiger partial charge in [0.05, 0.1) is 18.6 Å². The molecule has 220 valence electrons. The average Bonchev–Trinajstić information content (AvgIpc) is 3.03. The first kappa shape index (κ1) is 28.2. The highest BCUT2D eigenvalue weighted by Crippen LogP contribution is 2.30. The zero-order chi connectivity index (χ0) is 29.9. The van der Waals surface area contributed by atoms with Gasteiger partial charge in [0.15, 0.2) is 0 Å². The predicted octanol–water partition coefficient (Wildman–Crippen LogP) is 3.51. The highest BCUT2D eigenvalue weighted by Gasteiger charge is 2.51. The number of nitrogens with one attached hydrogen (secondary N) is 1. The Morgan fingerprint density at radius 2 is 1.72 bits per heavy atom. The number of nitrogens with zero attached hydrogens (tertiary/aromatic N) is 5. The molecule has 10 nitrogen and oxygen atoms in total. The summed E-state index contributed by atoms with van der Waals surface area (Å²) < 4.78 is 0. The lowest BCUT2D eigenvalue weighted by Gasteiger charge is -2.55. The molecule has 10 heteroatoms. The van der Waals surface area contributed by atoms with Crippen molar-refractivity contribution in [3.05, 3.63) is 108 Å². The Morgan fingerprint density at radius 1 is 0.953 bits per heavy atom. The quantitative estimate of drug-likeness (QED) is 0.348. The Kier molecular flexibility index (Phi) is 7.93. The highest BCUT2D eigenvalue weighted by atomic mass is 16.3. The van der Waals surface area contributed by atoms with E-state index in [1.807, 2.05) is 67.6 Å². The zero-order valence-corrected chi connectivity index (χ0v) is 24.0. The molecule has 2 aliphatic rings. The summed E-state index contributed by atoms with van der Waals surface area (Å²) >= 11 is 0. The smallest absolute Gasteiger partial charge is 0.334 e. The number of piperazine rings is 1. The van der Waals surface area contributed by atoms with Gasteiger partial charge in [0.25, 0.3) is 0 Å². The predicted molar refractivity (Wildman–Crippen MR) is 161 cm³/mol. The van der Waals surface area contributed by atoms with Crippen LogP contribution in [0.2, 0.25) is 0 Å². The number of hydrogen-bond acceptors (Lipinski definition) is 6. The summed E-state index contributed by atoms with van der Waals surface area (Å²) in [6, 6.07) is 24.9. The van der Waals surface area contributed by atoms with Crippen molar-refractivity contribution in [2.24, 2.45) is 0 Å². The summed E-state index contributed by atoms with van der Waals surface area (Å²) in [5.74, 6) is -0.279. The molecule has 4 amide bonds. The van der Waals surface area contributed by atoms with Crippen molar-refractivity contribution in [1.82, 2.24) is 30.1 Å². The molecule has 0 spiro atoms. The van der Waals surface area contributed by atoms with E-state index in [9.17, 15) is 19.5 Å². The summed E-state index contributed by atoms with van der Waals surface area (Å²) in [4.78, 5) is 49.6. The van der Waals surface area contributed by atoms with Gasteiger partial charge in [0.1, 0.15) is 18.0 Å². The second-order valence-electron chi connectivity index (χ2n) is 10.8. The van der Waals surface area contributed by atoms with E-state index in [-0.39, 0.29) is 49.7 Å². The summed E-state index contributed by atoms with van der Waals surface area (Å²) in [5, 5.41) is 17.2. The van der Waals surface area contributed by atoms with Gasteiger partial charge in [-0.25, -0.2) is 14.8 Å². The standard InChI is InChI=1S/C33H34N6O4/c1-2-37-22-30(41)38-28(18-23-13-15-27(40)16-14-23)32(42)36(20-26-11-6-10-25-12-7-17-34-31(25)26)21-29(38)39(37)33(43)35-19-24-8-4-3-5-9-24/h3-17,28-29,40H,2,18-22H2,1H3,(H,35,43)/t28-,29?/m0/s1. The fourth-order valence-corrected chi connectivity index (χ4v) is 6.02. The van der Waals surface area contributed by atoms with Gasteiger partial charge in [-0.3, -0.25) is 14.6 Å². The largest absolute Gasteiger partial charge is 0.508 e. The van der Waals surface area contributed by atoms with Crippen molar-refractivity contribution < 1.29 is 19.5 Å². The van der Waals surface area contributed by atoms with E-state index < -0.39 is 12.2 Å². The molecule has 43 heavy (non-hydrogen) atoms. The molecular weight excluding hydrogens is 544 g/mol. The first-order valence-electron chi connectivity index (χ1n) is 14.5. The number of likely N-dealkylation sites (N-methyl/N-ethyl adjacent to an activating group) is 1. The number of fused-ring (bicyclic) bond motifs is 2. The number of hydrogen-bond donors (Lipinski definition) is 2. The van der Waals surface area contributed by atoms with Crippen LogP contribution in [-0.4, -0.2) is 79.6 Å². The van der Waals surface area contributed by atoms with Crippen molar-refractivity contribution >= 4 is 28.7 Å². The van der Waals surface area contributed by atoms with Crippen LogP contribution in [0.25, 0.3) is 10.9 Å². The lowest BCUT2D eigenvalue weighted by Crippen LogP contribution is -2.76. The van der Waals surface area contributed by atoms with Crippen molar-refractivity contribution in [1.29, 1.82) is 0 Å². The van der Waals surface area contributed by atoms with Crippen LogP contribution in [0.5, 0.6) is 5.75 Å². The van der Waals surface area contributed by atoms with Crippen molar-refractivity contribution in [2.45, 2.75) is 38.6 Å². The van der Waals surface area contributed by atoms with Crippen molar-refractivity contribution in [3.63, 3.8) is 0 Å². The van der Waals surface area contributed by atoms with Crippen LogP contribution in [0.1, 0.15) is 23.6 Å². The number of pyridine rings is 1. The number of carbonyl (C=O) groups excluding carboxylic acids is 3. The molecule has 0 radical (unpaired) electrons. The number of urea groups is 1. The molecule has 4 aromatic rings. The number of hydrazine groups is 1. The molecule has 2 fully saturated rings. The lowest BCUT2D eigenvalue weighted by molar-refractivity contribution is -0.190. The van der Waals surface area contributed by atoms with Crippen molar-refractivity contribution in [3.8, 4) is 5.75 Å². The Bertz CT molecular complexity index is 1620. The molecule has 6 rings (SSSR count). The number of phenols is 1. The van der Waals surface area contributed by atoms with Crippen LogP contribution >= 0.6 is 0 Å². The maximum atomic E-state index is 14.2. The third-order valence-corrected chi connectivity index (χ3v) is 8.13. The molecule has 1 unspecified atom stereocenters. The van der Waals surface area contributed by atoms with Gasteiger partial charge >= 0.3 is 6.03 Å². The molecule has 0 saturated carbocycles. The molecule has 0 bridgehead atoms. The van der Waals surface area contributed by atoms with E-state index in [2.05, 4.69) is 10.3 Å². The topological polar surface area (TPSA) is 109 Å². The number of para-hydroxylation sites is 1. The average molecular weight is 579 g/mol. The number of aromatic hydroxyl groups is 1. The summed E-state index contributed by atoms with van der Waals surface area (Å²) in [6.07, 6.45) is 1.27. The van der Waals surface area contributed by atoms with E-state index in [0.29, 0.717) is 13.1 Å². The molecule has 3 aromatic carbocycles. The first-order valence-corrected chi connectivity index (χ1v) is 14.5. The molecule has 2 atom stereocenters. The summed E-state index contributed by atoms with van der Waals surface area (Å²) in [7, 11) is 0. The van der Waals surface area contributed by atoms with Gasteiger partial charge in [-0.1, -0.05) is 73.7 Å². The van der Waals surface area contributed by atoms with E-state index in [4.69, 9.17) is 0 Å². The molecule has 2 N–H and O–H groups in total. The van der Waals surface area contributed by atoms with Gasteiger partial charge in [0, 0.05) is 37.6 Å². The van der Waals surface area contributed by atoms with Gasteiger partial charge in [0.2, 0.25) is 11.8 Å². The number of aromatic nitrogens is 1. The Morgan fingerprint density at radius 3 is 2.49 bits per heavy atom. The van der Waals surface area contributed by atoms with E-state index in [0.717, 1.165) is 27.6 Å². The van der Waals surface area contributed by atoms with E-state index in [1.165, 1.54) is 0 Å². The maximum absolute atomic E-state index is 14.2. The first-order chi connectivity index (χ1) is 20.9. The number of phenolic OH excluding ortho intramolecular Hbond substituents is 1. The van der Waals surface area contributed by atoms with Crippen LogP contribution in [0.3, 0.4) is 0 Å². The van der Waals surface area contributed by atoms with Gasteiger partial charge < -0.3 is 20.2 Å². The van der Waals surface area contributed by atoms with Gasteiger partial charge in [-0.15, -0.1) is 0 Å². The van der Waals surface area contributed by atoms with Crippen LogP contribution in [0.4, 0.5) is 4.79 Å². The number of amides is 4. The second-order valence-corrected chi connectivity index (χ2v) is 10.8. The molecule has 1 aromatic heterocycles. The summed E-state index contributed by atoms with van der Waals surface area (Å²) in [6.45, 7) is 3.09. The van der Waals surface area contributed by atoms with Crippen molar-refractivity contribution in [2.75, 3.05) is 19.6 Å². The Labute approximate surface area is 250 Å². The Balaban J connectivity index is 1.36. The minimum Gasteiger partial charge on any atom is -0.508 e. The minimum absolute atomic E-state index is 0.0155. The number of carbonyl (C=O) groups is 3. The van der Waals surface area contributed by atoms with Gasteiger partial charge in [-0.05, 0) is 34.9 Å². The monoisotopic (exact) mass is 578 g/mol. The molecule has 2 saturated heterocycles. The second kappa shape index (κ2) is 12.1. The fraction of sp³-hybridized carbons (Fsp3) is 0.273. The number of rotatable bonds is 7. The number of benzene rings is 3. The van der Waals surface area contributed by atoms with Crippen LogP contribution < -0.4 is 5.32 Å². The van der Waals surface area contributed by atoms with E-state index >= 15 is 0 Å². The molecule has 0 aliphatic carbocycles. The van der Waals surface area contributed by atoms with Gasteiger partial charge in [-0.2, -0.15) is 0 Å². The molecular formula is C33H34N6O4. The van der Waals surface area contributed by atoms with E-state index in [1.54, 1.807) is 50.3 Å². The zero-order valence-electron chi connectivity index (χ0n) is 24.0. The fourth-order valence-electron chi connectivity index (χ4n) is 6.02. The van der Waals surface area contributed by atoms with Crippen LogP contribution in [0.15, 0.2) is 91.1 Å². The van der Waals surface area contributed by atoms with Crippen LogP contribution in [0, 0.1) is 0 Å². The summed E-state index contributed by atoms with van der Waals surface area (Å²) in [5.41, 5.74) is 3.45. The van der Waals surface area contributed by atoms with Crippen LogP contribution in [-0.2, 0) is 29.1 Å². The lowest BCUT2D eigenvalue weighted by atomic mass is 9.98. The third-order valence-electron chi connectivity index (χ3n) is 8.13. The molecule has 3 heterocycles. The normalized spacial score (nSPS) is 19.0. The third kappa shape index (κ3) is 5.74. The SMILES string of the molecule is CCN1CC(=O)N2C(CN(Cc3cccc4cccnc34)C(=O)[C@@H]2Cc2ccc(O)cc2)N1C(=O)NCc1ccccc1. The maximum Gasteiger partial charge on any atom is 0.334 e. The minimum atomic E-state index is -0.831. The Hall–Kier alpha value is -4.96. The highest BCUT2D eigenvalue weighted by molar-refractivity contribution is 5.92.